The average molecular weight is 360 g/mol. The summed E-state index contributed by atoms with van der Waals surface area (Å²) in [7, 11) is -0.718. The van der Waals surface area contributed by atoms with E-state index in [1.165, 1.54) is 0 Å². The molecule has 1 aliphatic heterocycles. The van der Waals surface area contributed by atoms with E-state index in [4.69, 9.17) is 18.8 Å². The van der Waals surface area contributed by atoms with Gasteiger partial charge in [0.25, 0.3) is 0 Å². The van der Waals surface area contributed by atoms with Gasteiger partial charge in [0.05, 0.1) is 12.2 Å². The molecule has 1 fully saturated rings. The zero-order chi connectivity index (χ0) is 19.1. The average Bonchev–Trinajstić information content (AvgIpc) is 2.99. The molecular formula is C19H25BO6. The van der Waals surface area contributed by atoms with Crippen LogP contribution in [0.4, 0.5) is 0 Å². The molecule has 6 nitrogen and oxygen atoms in total. The van der Waals surface area contributed by atoms with E-state index in [0.717, 1.165) is 5.56 Å². The number of carbonyl (C=O) groups excluding carboxylic acids is 2. The van der Waals surface area contributed by atoms with Gasteiger partial charge in [0.2, 0.25) is 0 Å². The molecule has 140 valence electrons. The Balaban J connectivity index is 2.02. The number of allylic oxidation sites excluding steroid dienone is 1. The standard InChI is InChI=1S/C19H25BO6/c1-13(2)23-18(21)16-17(19(22)24-14(3)4)26-20(25-16)12-8-11-15-9-6-5-7-10-15/h5-11,13-14,16-17H,12H2,1-4H3/b11-8+/t16-,17-/m1/s1. The van der Waals surface area contributed by atoms with Crippen molar-refractivity contribution in [3.8, 4) is 0 Å². The van der Waals surface area contributed by atoms with Gasteiger partial charge in [-0.3, -0.25) is 0 Å². The van der Waals surface area contributed by atoms with Crippen molar-refractivity contribution in [2.75, 3.05) is 0 Å². The van der Waals surface area contributed by atoms with Gasteiger partial charge in [0, 0.05) is 6.32 Å². The monoisotopic (exact) mass is 360 g/mol. The van der Waals surface area contributed by atoms with Crippen LogP contribution < -0.4 is 0 Å². The molecule has 1 aliphatic rings. The number of benzene rings is 1. The van der Waals surface area contributed by atoms with Crippen LogP contribution in [0, 0.1) is 0 Å². The number of carbonyl (C=O) groups is 2. The lowest BCUT2D eigenvalue weighted by molar-refractivity contribution is -0.167. The summed E-state index contributed by atoms with van der Waals surface area (Å²) in [6.07, 6.45) is 1.31. The largest absolute Gasteiger partial charge is 0.462 e. The van der Waals surface area contributed by atoms with Gasteiger partial charge in [-0.15, -0.1) is 0 Å². The Labute approximate surface area is 154 Å². The van der Waals surface area contributed by atoms with Crippen LogP contribution >= 0.6 is 0 Å². The molecule has 0 amide bonds. The summed E-state index contributed by atoms with van der Waals surface area (Å²) in [4.78, 5) is 24.5. The normalized spacial score (nSPS) is 20.2. The fraction of sp³-hybridized carbons (Fsp3) is 0.474. The highest BCUT2D eigenvalue weighted by atomic mass is 16.7. The topological polar surface area (TPSA) is 71.1 Å². The Morgan fingerprint density at radius 2 is 1.50 bits per heavy atom. The smallest absolute Gasteiger partial charge is 0.461 e. The summed E-state index contributed by atoms with van der Waals surface area (Å²) < 4.78 is 21.6. The maximum atomic E-state index is 12.2. The molecule has 0 saturated carbocycles. The van der Waals surface area contributed by atoms with E-state index in [9.17, 15) is 9.59 Å². The Kier molecular flexibility index (Phi) is 7.42. The maximum absolute atomic E-state index is 12.2. The lowest BCUT2D eigenvalue weighted by Crippen LogP contribution is -2.40. The lowest BCUT2D eigenvalue weighted by Gasteiger charge is -2.18. The zero-order valence-corrected chi connectivity index (χ0v) is 15.6. The molecule has 1 saturated heterocycles. The van der Waals surface area contributed by atoms with Crippen LogP contribution in [0.1, 0.15) is 33.3 Å². The molecule has 0 radical (unpaired) electrons. The van der Waals surface area contributed by atoms with Gasteiger partial charge in [0.15, 0.2) is 12.2 Å². The van der Waals surface area contributed by atoms with Crippen LogP contribution in [0.5, 0.6) is 0 Å². The first kappa shape index (κ1) is 20.2. The van der Waals surface area contributed by atoms with E-state index >= 15 is 0 Å². The highest BCUT2D eigenvalue weighted by Gasteiger charge is 2.48. The Hall–Kier alpha value is -2.12. The van der Waals surface area contributed by atoms with Crippen LogP contribution in [0.3, 0.4) is 0 Å². The van der Waals surface area contributed by atoms with E-state index in [-0.39, 0.29) is 12.2 Å². The fourth-order valence-corrected chi connectivity index (χ4v) is 2.45. The summed E-state index contributed by atoms with van der Waals surface area (Å²) in [5, 5.41) is 0. The van der Waals surface area contributed by atoms with E-state index in [2.05, 4.69) is 0 Å². The molecule has 2 rings (SSSR count). The highest BCUT2D eigenvalue weighted by Crippen LogP contribution is 2.23. The highest BCUT2D eigenvalue weighted by molar-refractivity contribution is 6.46. The Morgan fingerprint density at radius 1 is 1.00 bits per heavy atom. The van der Waals surface area contributed by atoms with Crippen molar-refractivity contribution in [2.45, 2.75) is 58.4 Å². The molecular weight excluding hydrogens is 335 g/mol. The minimum absolute atomic E-state index is 0.315. The van der Waals surface area contributed by atoms with Crippen LogP contribution in [0.2, 0.25) is 6.32 Å². The van der Waals surface area contributed by atoms with Crippen LogP contribution in [-0.2, 0) is 28.4 Å². The van der Waals surface area contributed by atoms with E-state index < -0.39 is 31.3 Å². The number of hydrogen-bond donors (Lipinski definition) is 0. The van der Waals surface area contributed by atoms with E-state index in [1.54, 1.807) is 27.7 Å². The molecule has 1 heterocycles. The summed E-state index contributed by atoms with van der Waals surface area (Å²) >= 11 is 0. The second kappa shape index (κ2) is 9.55. The van der Waals surface area contributed by atoms with Gasteiger partial charge in [-0.1, -0.05) is 42.5 Å². The van der Waals surface area contributed by atoms with Gasteiger partial charge < -0.3 is 18.8 Å². The van der Waals surface area contributed by atoms with Crippen molar-refractivity contribution < 1.29 is 28.4 Å². The minimum Gasteiger partial charge on any atom is -0.461 e. The third-order valence-corrected chi connectivity index (χ3v) is 3.48. The van der Waals surface area contributed by atoms with Crippen molar-refractivity contribution in [1.29, 1.82) is 0 Å². The molecule has 1 aromatic carbocycles. The summed E-state index contributed by atoms with van der Waals surface area (Å²) in [6.45, 7) is 6.93. The second-order valence-electron chi connectivity index (χ2n) is 6.56. The fourth-order valence-electron chi connectivity index (χ4n) is 2.45. The van der Waals surface area contributed by atoms with Crippen LogP contribution in [-0.4, -0.2) is 43.5 Å². The quantitative estimate of drug-likeness (QED) is 0.550. The van der Waals surface area contributed by atoms with E-state index in [1.807, 2.05) is 42.5 Å². The summed E-state index contributed by atoms with van der Waals surface area (Å²) in [5.74, 6) is -1.25. The first-order chi connectivity index (χ1) is 12.4. The van der Waals surface area contributed by atoms with Gasteiger partial charge in [-0.2, -0.15) is 0 Å². The third kappa shape index (κ3) is 6.00. The van der Waals surface area contributed by atoms with Gasteiger partial charge in [0.1, 0.15) is 0 Å². The number of ether oxygens (including phenoxy) is 2. The van der Waals surface area contributed by atoms with Crippen molar-refractivity contribution in [3.63, 3.8) is 0 Å². The number of esters is 2. The van der Waals surface area contributed by atoms with Crippen LogP contribution in [0.25, 0.3) is 6.08 Å². The molecule has 0 unspecified atom stereocenters. The van der Waals surface area contributed by atoms with Crippen molar-refractivity contribution in [3.05, 3.63) is 42.0 Å². The Bertz CT molecular complexity index is 598. The predicted octanol–water partition coefficient (Wildman–Crippen LogP) is 2.88. The first-order valence-corrected chi connectivity index (χ1v) is 8.80. The molecule has 7 heteroatoms. The third-order valence-electron chi connectivity index (χ3n) is 3.48. The number of hydrogen-bond acceptors (Lipinski definition) is 6. The molecule has 0 spiro atoms. The van der Waals surface area contributed by atoms with Gasteiger partial charge >= 0.3 is 19.1 Å². The first-order valence-electron chi connectivity index (χ1n) is 8.80. The predicted molar refractivity (Wildman–Crippen MR) is 98.2 cm³/mol. The van der Waals surface area contributed by atoms with E-state index in [0.29, 0.717) is 6.32 Å². The second-order valence-corrected chi connectivity index (χ2v) is 6.56. The van der Waals surface area contributed by atoms with Crippen molar-refractivity contribution in [1.82, 2.24) is 0 Å². The van der Waals surface area contributed by atoms with Crippen LogP contribution in [0.15, 0.2) is 36.4 Å². The summed E-state index contributed by atoms with van der Waals surface area (Å²) in [6, 6.07) is 9.77. The molecule has 2 atom stereocenters. The van der Waals surface area contributed by atoms with Crippen molar-refractivity contribution in [2.24, 2.45) is 0 Å². The number of rotatable bonds is 7. The summed E-state index contributed by atoms with van der Waals surface area (Å²) in [5.41, 5.74) is 1.04. The Morgan fingerprint density at radius 3 is 1.96 bits per heavy atom. The zero-order valence-electron chi connectivity index (χ0n) is 15.6. The molecule has 0 aliphatic carbocycles. The SMILES string of the molecule is CC(C)OC(=O)[C@@H]1OB(C/C=C/c2ccccc2)O[C@H]1C(=O)OC(C)C. The lowest BCUT2D eigenvalue weighted by atomic mass is 9.85. The van der Waals surface area contributed by atoms with Gasteiger partial charge in [-0.05, 0) is 33.3 Å². The molecule has 26 heavy (non-hydrogen) atoms. The maximum Gasteiger partial charge on any atom is 0.462 e. The molecule has 0 bridgehead atoms. The minimum atomic E-state index is -1.13. The molecule has 0 aromatic heterocycles. The van der Waals surface area contributed by atoms with Crippen molar-refractivity contribution >= 4 is 25.1 Å². The van der Waals surface area contributed by atoms with Gasteiger partial charge in [-0.25, -0.2) is 9.59 Å². The molecule has 1 aromatic rings. The molecule has 0 N–H and O–H groups in total.